The Bertz CT molecular complexity index is 479. The number of carbonyl (C=O) groups excluding carboxylic acids is 1. The lowest BCUT2D eigenvalue weighted by Gasteiger charge is -2.22. The Morgan fingerprint density at radius 1 is 1.18 bits per heavy atom. The van der Waals surface area contributed by atoms with Crippen molar-refractivity contribution in [3.05, 3.63) is 35.9 Å². The lowest BCUT2D eigenvalue weighted by atomic mass is 10.0. The standard InChI is InChI=1S/C17H25NO4/c1-17(2,3)22-16(21)18-14(15(19)20)12-8-7-11-13-9-5-4-6-10-13/h4-6,9-10,14H,7-8,11-12H2,1-3H3,(H,18,21)(H,19,20). The highest BCUT2D eigenvalue weighted by Gasteiger charge is 2.23. The number of rotatable bonds is 7. The predicted octanol–water partition coefficient (Wildman–Crippen LogP) is 3.38. The zero-order valence-corrected chi connectivity index (χ0v) is 13.5. The molecule has 122 valence electrons. The number of amides is 1. The van der Waals surface area contributed by atoms with Gasteiger partial charge in [0.05, 0.1) is 0 Å². The molecule has 0 saturated carbocycles. The molecule has 1 atom stereocenters. The Morgan fingerprint density at radius 3 is 2.36 bits per heavy atom. The van der Waals surface area contributed by atoms with Crippen LogP contribution in [0, 0.1) is 0 Å². The topological polar surface area (TPSA) is 75.6 Å². The van der Waals surface area contributed by atoms with Gasteiger partial charge in [-0.2, -0.15) is 0 Å². The van der Waals surface area contributed by atoms with E-state index < -0.39 is 23.7 Å². The second kappa shape index (κ2) is 8.41. The first-order valence-electron chi connectivity index (χ1n) is 7.54. The van der Waals surface area contributed by atoms with Crippen molar-refractivity contribution < 1.29 is 19.4 Å². The van der Waals surface area contributed by atoms with Gasteiger partial charge in [-0.05, 0) is 45.6 Å². The fraction of sp³-hybridized carbons (Fsp3) is 0.529. The minimum Gasteiger partial charge on any atom is -0.480 e. The van der Waals surface area contributed by atoms with Crippen LogP contribution in [0.1, 0.15) is 45.6 Å². The van der Waals surface area contributed by atoms with Gasteiger partial charge in [-0.25, -0.2) is 9.59 Å². The van der Waals surface area contributed by atoms with Crippen LogP contribution in [0.25, 0.3) is 0 Å². The molecule has 0 radical (unpaired) electrons. The van der Waals surface area contributed by atoms with Crippen molar-refractivity contribution in [1.82, 2.24) is 5.32 Å². The average molecular weight is 307 g/mol. The van der Waals surface area contributed by atoms with Crippen LogP contribution >= 0.6 is 0 Å². The summed E-state index contributed by atoms with van der Waals surface area (Å²) in [5.74, 6) is -1.04. The van der Waals surface area contributed by atoms with E-state index in [0.29, 0.717) is 6.42 Å². The highest BCUT2D eigenvalue weighted by Crippen LogP contribution is 2.10. The Hall–Kier alpha value is -2.04. The van der Waals surface area contributed by atoms with Crippen molar-refractivity contribution in [1.29, 1.82) is 0 Å². The van der Waals surface area contributed by atoms with Crippen LogP contribution < -0.4 is 5.32 Å². The number of nitrogens with one attached hydrogen (secondary N) is 1. The van der Waals surface area contributed by atoms with Crippen molar-refractivity contribution in [2.75, 3.05) is 0 Å². The van der Waals surface area contributed by atoms with Crippen molar-refractivity contribution in [3.8, 4) is 0 Å². The van der Waals surface area contributed by atoms with Gasteiger partial charge in [0, 0.05) is 0 Å². The van der Waals surface area contributed by atoms with E-state index in [4.69, 9.17) is 9.84 Å². The van der Waals surface area contributed by atoms with Crippen LogP contribution in [-0.2, 0) is 16.0 Å². The summed E-state index contributed by atoms with van der Waals surface area (Å²) in [6.07, 6.45) is 2.20. The molecule has 1 aromatic rings. The molecule has 0 fully saturated rings. The first-order chi connectivity index (χ1) is 10.3. The summed E-state index contributed by atoms with van der Waals surface area (Å²) < 4.78 is 5.08. The number of aliphatic carboxylic acids is 1. The van der Waals surface area contributed by atoms with Crippen LogP contribution in [0.2, 0.25) is 0 Å². The molecule has 0 aliphatic rings. The van der Waals surface area contributed by atoms with Gasteiger partial charge in [0.25, 0.3) is 0 Å². The van der Waals surface area contributed by atoms with Gasteiger partial charge in [-0.3, -0.25) is 0 Å². The smallest absolute Gasteiger partial charge is 0.408 e. The molecule has 1 aromatic carbocycles. The van der Waals surface area contributed by atoms with E-state index in [-0.39, 0.29) is 0 Å². The van der Waals surface area contributed by atoms with Crippen LogP contribution in [0.4, 0.5) is 4.79 Å². The number of carboxylic acid groups (broad SMARTS) is 1. The third-order valence-electron chi connectivity index (χ3n) is 3.04. The van der Waals surface area contributed by atoms with E-state index in [9.17, 15) is 9.59 Å². The van der Waals surface area contributed by atoms with Crippen molar-refractivity contribution in [3.63, 3.8) is 0 Å². The molecular formula is C17H25NO4. The number of unbranched alkanes of at least 4 members (excludes halogenated alkanes) is 1. The first kappa shape index (κ1) is 18.0. The first-order valence-corrected chi connectivity index (χ1v) is 7.54. The largest absolute Gasteiger partial charge is 0.480 e. The van der Waals surface area contributed by atoms with E-state index in [2.05, 4.69) is 5.32 Å². The summed E-state index contributed by atoms with van der Waals surface area (Å²) in [6.45, 7) is 5.21. The molecule has 0 saturated heterocycles. The van der Waals surface area contributed by atoms with Crippen molar-refractivity contribution in [2.45, 2.75) is 58.1 Å². The average Bonchev–Trinajstić information content (AvgIpc) is 2.41. The highest BCUT2D eigenvalue weighted by atomic mass is 16.6. The molecule has 1 rings (SSSR count). The molecule has 1 amide bonds. The summed E-state index contributed by atoms with van der Waals surface area (Å²) in [4.78, 5) is 22.8. The quantitative estimate of drug-likeness (QED) is 0.757. The van der Waals surface area contributed by atoms with E-state index in [1.807, 2.05) is 30.3 Å². The van der Waals surface area contributed by atoms with Gasteiger partial charge in [0.2, 0.25) is 0 Å². The molecule has 0 aliphatic heterocycles. The number of hydrogen-bond donors (Lipinski definition) is 2. The minimum absolute atomic E-state index is 0.390. The minimum atomic E-state index is -1.04. The second-order valence-corrected chi connectivity index (χ2v) is 6.27. The zero-order chi connectivity index (χ0) is 16.6. The molecule has 0 aliphatic carbocycles. The van der Waals surface area contributed by atoms with Gasteiger partial charge in [-0.15, -0.1) is 0 Å². The maximum Gasteiger partial charge on any atom is 0.408 e. The van der Waals surface area contributed by atoms with Crippen LogP contribution in [0.5, 0.6) is 0 Å². The summed E-state index contributed by atoms with van der Waals surface area (Å²) in [6, 6.07) is 9.13. The van der Waals surface area contributed by atoms with Gasteiger partial charge in [-0.1, -0.05) is 36.8 Å². The third kappa shape index (κ3) is 7.67. The lowest BCUT2D eigenvalue weighted by Crippen LogP contribution is -2.43. The predicted molar refractivity (Wildman–Crippen MR) is 84.8 cm³/mol. The molecule has 5 nitrogen and oxygen atoms in total. The van der Waals surface area contributed by atoms with Crippen LogP contribution in [0.3, 0.4) is 0 Å². The molecule has 5 heteroatoms. The molecule has 1 unspecified atom stereocenters. The van der Waals surface area contributed by atoms with Crippen molar-refractivity contribution >= 4 is 12.1 Å². The van der Waals surface area contributed by atoms with E-state index in [1.165, 1.54) is 5.56 Å². The van der Waals surface area contributed by atoms with Crippen LogP contribution in [-0.4, -0.2) is 28.8 Å². The molecule has 2 N–H and O–H groups in total. The second-order valence-electron chi connectivity index (χ2n) is 6.27. The highest BCUT2D eigenvalue weighted by molar-refractivity contribution is 5.79. The monoisotopic (exact) mass is 307 g/mol. The number of carbonyl (C=O) groups is 2. The summed E-state index contributed by atoms with van der Waals surface area (Å²) in [5.41, 5.74) is 0.593. The molecule has 0 aromatic heterocycles. The number of alkyl carbamates (subject to hydrolysis) is 1. The maximum absolute atomic E-state index is 11.6. The molecule has 22 heavy (non-hydrogen) atoms. The molecular weight excluding hydrogens is 282 g/mol. The van der Waals surface area contributed by atoms with Crippen molar-refractivity contribution in [2.24, 2.45) is 0 Å². The summed E-state index contributed by atoms with van der Waals surface area (Å²) in [5, 5.41) is 11.6. The maximum atomic E-state index is 11.6. The molecule has 0 spiro atoms. The van der Waals surface area contributed by atoms with Gasteiger partial charge >= 0.3 is 12.1 Å². The Labute approximate surface area is 131 Å². The van der Waals surface area contributed by atoms with E-state index in [1.54, 1.807) is 20.8 Å². The number of aryl methyl sites for hydroxylation is 1. The third-order valence-corrected chi connectivity index (χ3v) is 3.04. The van der Waals surface area contributed by atoms with Gasteiger partial charge in [0.15, 0.2) is 0 Å². The molecule has 0 heterocycles. The number of carboxylic acids is 1. The van der Waals surface area contributed by atoms with E-state index >= 15 is 0 Å². The normalized spacial score (nSPS) is 12.5. The SMILES string of the molecule is CC(C)(C)OC(=O)NC(CCCCc1ccccc1)C(=O)O. The fourth-order valence-corrected chi connectivity index (χ4v) is 2.03. The van der Waals surface area contributed by atoms with Gasteiger partial charge in [0.1, 0.15) is 11.6 Å². The van der Waals surface area contributed by atoms with Gasteiger partial charge < -0.3 is 15.2 Å². The lowest BCUT2D eigenvalue weighted by molar-refractivity contribution is -0.139. The Morgan fingerprint density at radius 2 is 1.82 bits per heavy atom. The Balaban J connectivity index is 2.35. The van der Waals surface area contributed by atoms with Crippen LogP contribution in [0.15, 0.2) is 30.3 Å². The Kier molecular flexibility index (Phi) is 6.89. The zero-order valence-electron chi connectivity index (χ0n) is 13.5. The number of benzene rings is 1. The summed E-state index contributed by atoms with van der Waals surface area (Å²) >= 11 is 0. The summed E-state index contributed by atoms with van der Waals surface area (Å²) in [7, 11) is 0. The molecule has 0 bridgehead atoms. The van der Waals surface area contributed by atoms with E-state index in [0.717, 1.165) is 19.3 Å². The fourth-order valence-electron chi connectivity index (χ4n) is 2.03. The number of ether oxygens (including phenoxy) is 1. The number of hydrogen-bond acceptors (Lipinski definition) is 3.